The van der Waals surface area contributed by atoms with Crippen molar-refractivity contribution in [2.45, 2.75) is 6.55 Å². The van der Waals surface area contributed by atoms with Crippen molar-refractivity contribution in [1.82, 2.24) is 0 Å². The second kappa shape index (κ2) is 9.30. The van der Waals surface area contributed by atoms with Crippen LogP contribution in [0.25, 0.3) is 0 Å². The quantitative estimate of drug-likeness (QED) is 0.302. The van der Waals surface area contributed by atoms with Crippen molar-refractivity contribution in [1.29, 1.82) is 0 Å². The van der Waals surface area contributed by atoms with Gasteiger partial charge in [0.25, 0.3) is 0 Å². The van der Waals surface area contributed by atoms with Gasteiger partial charge in [-0.1, -0.05) is 6.55 Å². The van der Waals surface area contributed by atoms with Crippen LogP contribution in [0, 0.1) is 0 Å². The van der Waals surface area contributed by atoms with Crippen LogP contribution in [0.15, 0.2) is 0 Å². The summed E-state index contributed by atoms with van der Waals surface area (Å²) >= 11 is 5.14. The molecule has 0 aliphatic rings. The largest absolute Gasteiger partial charge is 0.176 e. The fourth-order valence-corrected chi connectivity index (χ4v) is 0. The van der Waals surface area contributed by atoms with Gasteiger partial charge in [-0.25, -0.2) is 0 Å². The van der Waals surface area contributed by atoms with Crippen LogP contribution in [0.3, 0.4) is 0 Å². The molecule has 0 atom stereocenters. The molecular formula is CH5ClSi2. The molecule has 0 saturated carbocycles. The predicted octanol–water partition coefficient (Wildman–Crippen LogP) is -0.0237. The van der Waals surface area contributed by atoms with E-state index in [4.69, 9.17) is 11.1 Å². The molecule has 0 aliphatic carbocycles. The average Bonchev–Trinajstić information content (AvgIpc) is 0.918. The molecule has 0 aromatic carbocycles. The molecule has 24 valence electrons. The van der Waals surface area contributed by atoms with E-state index in [1.54, 1.807) is 0 Å². The summed E-state index contributed by atoms with van der Waals surface area (Å²) in [6, 6.07) is 0. The predicted molar refractivity (Wildman–Crippen MR) is 26.0 cm³/mol. The monoisotopic (exact) mass is 108 g/mol. The maximum Gasteiger partial charge on any atom is 0.122 e. The molecular weight excluding hydrogens is 104 g/mol. The van der Waals surface area contributed by atoms with E-state index in [1.807, 2.05) is 6.55 Å². The molecule has 0 amide bonds. The highest BCUT2D eigenvalue weighted by Crippen LogP contribution is 1.54. The van der Waals surface area contributed by atoms with Gasteiger partial charge in [0, 0.05) is 11.0 Å². The summed E-state index contributed by atoms with van der Waals surface area (Å²) in [6.45, 7) is 2.03. The van der Waals surface area contributed by atoms with E-state index >= 15 is 0 Å². The molecule has 0 bridgehead atoms. The van der Waals surface area contributed by atoms with Gasteiger partial charge in [0.1, 0.15) is 8.83 Å². The summed E-state index contributed by atoms with van der Waals surface area (Å²) in [6.07, 6.45) is 0. The summed E-state index contributed by atoms with van der Waals surface area (Å²) in [5, 5.41) is 0. The minimum Gasteiger partial charge on any atom is -0.176 e. The van der Waals surface area contributed by atoms with Gasteiger partial charge < -0.3 is 0 Å². The molecule has 0 N–H and O–H groups in total. The standard InChI is InChI=1S/CH5ClSi.Si/c1-3-2;/h3H2,1H3;. The van der Waals surface area contributed by atoms with Crippen molar-refractivity contribution in [2.75, 3.05) is 0 Å². The summed E-state index contributed by atoms with van der Waals surface area (Å²) < 4.78 is 0. The maximum absolute atomic E-state index is 5.14. The smallest absolute Gasteiger partial charge is 0.122 e. The van der Waals surface area contributed by atoms with Crippen LogP contribution in [0.4, 0.5) is 0 Å². The molecule has 0 nitrogen and oxygen atoms in total. The van der Waals surface area contributed by atoms with Crippen LogP contribution in [-0.4, -0.2) is 19.8 Å². The highest BCUT2D eigenvalue weighted by atomic mass is 35.6. The third-order valence-electron chi connectivity index (χ3n) is 0. The van der Waals surface area contributed by atoms with E-state index in [1.165, 1.54) is 0 Å². The number of rotatable bonds is 0. The SMILES string of the molecule is C[SiH2]Cl.[Si]. The second-order valence-electron chi connectivity index (χ2n) is 0.267. The Morgan fingerprint density at radius 2 is 1.75 bits per heavy atom. The van der Waals surface area contributed by atoms with Gasteiger partial charge in [-0.05, 0) is 0 Å². The van der Waals surface area contributed by atoms with Gasteiger partial charge in [0.05, 0.1) is 0 Å². The third kappa shape index (κ3) is 15.5. The van der Waals surface area contributed by atoms with E-state index in [0.29, 0.717) is 0 Å². The van der Waals surface area contributed by atoms with Crippen LogP contribution in [-0.2, 0) is 0 Å². The zero-order chi connectivity index (χ0) is 2.71. The Morgan fingerprint density at radius 3 is 1.75 bits per heavy atom. The lowest BCUT2D eigenvalue weighted by Gasteiger charge is -1.42. The molecule has 0 aliphatic heterocycles. The zero-order valence-electron chi connectivity index (χ0n) is 2.59. The molecule has 0 aromatic rings. The summed E-state index contributed by atoms with van der Waals surface area (Å²) in [5.74, 6) is 0. The molecule has 0 spiro atoms. The average molecular weight is 109 g/mol. The summed E-state index contributed by atoms with van der Waals surface area (Å²) in [4.78, 5) is 0. The highest BCUT2D eigenvalue weighted by molar-refractivity contribution is 6.92. The molecule has 3 heteroatoms. The van der Waals surface area contributed by atoms with Gasteiger partial charge in [-0.15, -0.1) is 0 Å². The van der Waals surface area contributed by atoms with Gasteiger partial charge in [0.15, 0.2) is 0 Å². The minimum absolute atomic E-state index is 0. The Labute approximate surface area is 38.1 Å². The first-order valence-electron chi connectivity index (χ1n) is 0.974. The molecule has 4 radical (unpaired) electrons. The lowest BCUT2D eigenvalue weighted by atomic mass is 11.9. The lowest BCUT2D eigenvalue weighted by Crippen LogP contribution is -1.45. The van der Waals surface area contributed by atoms with Crippen molar-refractivity contribution in [3.63, 3.8) is 0 Å². The van der Waals surface area contributed by atoms with Crippen molar-refractivity contribution in [2.24, 2.45) is 0 Å². The van der Waals surface area contributed by atoms with E-state index in [-0.39, 0.29) is 19.8 Å². The fourth-order valence-electron chi connectivity index (χ4n) is 0. The fraction of sp³-hybridized carbons (Fsp3) is 1.00. The first-order valence-corrected chi connectivity index (χ1v) is 4.53. The van der Waals surface area contributed by atoms with Crippen LogP contribution in [0.1, 0.15) is 0 Å². The summed E-state index contributed by atoms with van der Waals surface area (Å²) in [5.41, 5.74) is 0. The third-order valence-corrected chi connectivity index (χ3v) is 0. The number of halogens is 1. The van der Waals surface area contributed by atoms with Crippen molar-refractivity contribution in [3.05, 3.63) is 0 Å². The lowest BCUT2D eigenvalue weighted by molar-refractivity contribution is 2.37. The van der Waals surface area contributed by atoms with Gasteiger partial charge in [-0.2, -0.15) is 11.1 Å². The van der Waals surface area contributed by atoms with Crippen LogP contribution in [0.5, 0.6) is 0 Å². The first-order chi connectivity index (χ1) is 1.41. The zero-order valence-corrected chi connectivity index (χ0v) is 5.76. The highest BCUT2D eigenvalue weighted by Gasteiger charge is 1.42. The Hall–Kier alpha value is 0.724. The number of hydrogen-bond donors (Lipinski definition) is 0. The Balaban J connectivity index is 0. The molecule has 0 fully saturated rings. The summed E-state index contributed by atoms with van der Waals surface area (Å²) in [7, 11) is -0.111. The van der Waals surface area contributed by atoms with Gasteiger partial charge in [-0.3, -0.25) is 0 Å². The van der Waals surface area contributed by atoms with E-state index in [2.05, 4.69) is 0 Å². The van der Waals surface area contributed by atoms with Crippen LogP contribution >= 0.6 is 11.1 Å². The van der Waals surface area contributed by atoms with Crippen molar-refractivity contribution >= 4 is 30.9 Å². The Kier molecular flexibility index (Phi) is 20.5. The van der Waals surface area contributed by atoms with E-state index in [0.717, 1.165) is 0 Å². The first kappa shape index (κ1) is 8.83. The molecule has 0 saturated heterocycles. The van der Waals surface area contributed by atoms with Crippen LogP contribution in [0.2, 0.25) is 6.55 Å². The molecule has 0 rings (SSSR count). The van der Waals surface area contributed by atoms with Gasteiger partial charge in [0.2, 0.25) is 0 Å². The normalized spacial score (nSPS) is 7.50. The Bertz CT molecular complexity index is 6.00. The van der Waals surface area contributed by atoms with E-state index in [9.17, 15) is 0 Å². The van der Waals surface area contributed by atoms with Crippen LogP contribution < -0.4 is 0 Å². The molecule has 0 aromatic heterocycles. The second-order valence-corrected chi connectivity index (χ2v) is 2.41. The van der Waals surface area contributed by atoms with Crippen molar-refractivity contribution in [3.8, 4) is 0 Å². The molecule has 0 unspecified atom stereocenters. The van der Waals surface area contributed by atoms with Crippen molar-refractivity contribution < 1.29 is 0 Å². The maximum atomic E-state index is 5.14. The number of hydrogen-bond acceptors (Lipinski definition) is 0. The molecule has 0 heterocycles. The van der Waals surface area contributed by atoms with Gasteiger partial charge >= 0.3 is 0 Å². The molecule has 4 heavy (non-hydrogen) atoms. The van der Waals surface area contributed by atoms with E-state index < -0.39 is 0 Å². The Morgan fingerprint density at radius 1 is 1.75 bits per heavy atom. The topological polar surface area (TPSA) is 0 Å². The minimum atomic E-state index is -0.111.